The summed E-state index contributed by atoms with van der Waals surface area (Å²) in [6.45, 7) is 2.59. The van der Waals surface area contributed by atoms with E-state index in [9.17, 15) is 30.8 Å². The van der Waals surface area contributed by atoms with Gasteiger partial charge in [-0.1, -0.05) is 0 Å². The molecule has 170 valence electrons. The largest absolute Gasteiger partial charge is 0.345 e. The number of rotatable bonds is 7. The van der Waals surface area contributed by atoms with Crippen LogP contribution in [0.3, 0.4) is 0 Å². The monoisotopic (exact) mass is 498 g/mol. The van der Waals surface area contributed by atoms with Crippen LogP contribution in [0.1, 0.15) is 22.8 Å². The van der Waals surface area contributed by atoms with Gasteiger partial charge in [-0.2, -0.15) is 0 Å². The summed E-state index contributed by atoms with van der Waals surface area (Å²) in [5.74, 6) is -1.47. The number of thiophene rings is 1. The van der Waals surface area contributed by atoms with Gasteiger partial charge in [0, 0.05) is 16.5 Å². The summed E-state index contributed by atoms with van der Waals surface area (Å²) < 4.78 is 67.0. The van der Waals surface area contributed by atoms with Crippen LogP contribution in [0, 0.1) is 12.7 Å². The van der Waals surface area contributed by atoms with Gasteiger partial charge in [0.05, 0.1) is 17.1 Å². The summed E-state index contributed by atoms with van der Waals surface area (Å²) in [4.78, 5) is 22.8. The average molecular weight is 499 g/mol. The average Bonchev–Trinajstić information content (AvgIpc) is 3.02. The van der Waals surface area contributed by atoms with E-state index in [1.165, 1.54) is 44.2 Å². The number of nitrogens with one attached hydrogen (secondary N) is 2. The first kappa shape index (κ1) is 23.8. The second-order valence-corrected chi connectivity index (χ2v) is 12.0. The van der Waals surface area contributed by atoms with Crippen molar-refractivity contribution >= 4 is 58.7 Å². The van der Waals surface area contributed by atoms with E-state index < -0.39 is 36.5 Å². The fourth-order valence-corrected chi connectivity index (χ4v) is 6.73. The van der Waals surface area contributed by atoms with Crippen molar-refractivity contribution in [3.63, 3.8) is 0 Å². The van der Waals surface area contributed by atoms with Crippen molar-refractivity contribution in [2.24, 2.45) is 0 Å². The van der Waals surface area contributed by atoms with Gasteiger partial charge < -0.3 is 5.32 Å². The highest BCUT2D eigenvalue weighted by Gasteiger charge is 2.25. The molecule has 12 heteroatoms. The Balaban J connectivity index is 2.03. The van der Waals surface area contributed by atoms with Crippen LogP contribution < -0.4 is 10.0 Å². The third kappa shape index (κ3) is 4.97. The quantitative estimate of drug-likeness (QED) is 0.516. The van der Waals surface area contributed by atoms with Gasteiger partial charge >= 0.3 is 0 Å². The highest BCUT2D eigenvalue weighted by Crippen LogP contribution is 2.36. The summed E-state index contributed by atoms with van der Waals surface area (Å²) in [7, 11) is -8.16. The Morgan fingerprint density at radius 2 is 1.75 bits per heavy atom. The zero-order chi connectivity index (χ0) is 23.8. The van der Waals surface area contributed by atoms with E-state index >= 15 is 0 Å². The molecule has 0 saturated carbocycles. The molecule has 0 atom stereocenters. The molecule has 0 bridgehead atoms. The molecule has 1 heterocycles. The van der Waals surface area contributed by atoms with Crippen molar-refractivity contribution in [1.29, 1.82) is 0 Å². The van der Waals surface area contributed by atoms with E-state index in [0.717, 1.165) is 23.7 Å². The molecule has 1 aromatic heterocycles. The molecule has 1 amide bonds. The Labute approximate surface area is 188 Å². The SMILES string of the molecule is CC(=O)CNC(=O)c1ccc(NS(=O)(=O)c2sc3ccc(F)cc3c2C)c(S(C)(=O)=O)c1. The van der Waals surface area contributed by atoms with Crippen molar-refractivity contribution in [2.45, 2.75) is 23.0 Å². The topological polar surface area (TPSA) is 126 Å². The van der Waals surface area contributed by atoms with E-state index in [1.807, 2.05) is 0 Å². The zero-order valence-electron chi connectivity index (χ0n) is 17.2. The molecular formula is C20H19FN2O6S3. The Bertz CT molecular complexity index is 1460. The van der Waals surface area contributed by atoms with Gasteiger partial charge in [0.2, 0.25) is 0 Å². The van der Waals surface area contributed by atoms with Gasteiger partial charge in [0.1, 0.15) is 15.8 Å². The Morgan fingerprint density at radius 3 is 2.38 bits per heavy atom. The van der Waals surface area contributed by atoms with E-state index in [2.05, 4.69) is 10.0 Å². The van der Waals surface area contributed by atoms with Crippen LogP contribution in [-0.2, 0) is 24.7 Å². The van der Waals surface area contributed by atoms with Gasteiger partial charge in [0.15, 0.2) is 9.84 Å². The van der Waals surface area contributed by atoms with Crippen LogP contribution in [0.5, 0.6) is 0 Å². The Kier molecular flexibility index (Phi) is 6.40. The lowest BCUT2D eigenvalue weighted by Crippen LogP contribution is -2.28. The van der Waals surface area contributed by atoms with Crippen LogP contribution in [0.2, 0.25) is 0 Å². The van der Waals surface area contributed by atoms with E-state index in [1.54, 1.807) is 0 Å². The fourth-order valence-electron chi connectivity index (χ4n) is 2.98. The first-order chi connectivity index (χ1) is 14.8. The maximum atomic E-state index is 13.6. The van der Waals surface area contributed by atoms with Crippen LogP contribution in [0.4, 0.5) is 10.1 Å². The second-order valence-electron chi connectivity index (χ2n) is 7.13. The van der Waals surface area contributed by atoms with E-state index in [4.69, 9.17) is 0 Å². The third-order valence-electron chi connectivity index (χ3n) is 4.48. The van der Waals surface area contributed by atoms with Crippen molar-refractivity contribution in [1.82, 2.24) is 5.32 Å². The number of sulfone groups is 1. The summed E-state index contributed by atoms with van der Waals surface area (Å²) in [6.07, 6.45) is 0.880. The number of Topliss-reactive ketones (excluding diaryl/α,β-unsaturated/α-hetero) is 1. The molecule has 0 spiro atoms. The maximum Gasteiger partial charge on any atom is 0.271 e. The summed E-state index contributed by atoms with van der Waals surface area (Å²) in [6, 6.07) is 7.37. The normalized spacial score (nSPS) is 12.0. The number of carbonyl (C=O) groups is 2. The highest BCUT2D eigenvalue weighted by atomic mass is 32.2. The molecule has 0 unspecified atom stereocenters. The number of carbonyl (C=O) groups excluding carboxylic acids is 2. The maximum absolute atomic E-state index is 13.6. The second kappa shape index (κ2) is 8.60. The number of fused-ring (bicyclic) bond motifs is 1. The number of anilines is 1. The lowest BCUT2D eigenvalue weighted by molar-refractivity contribution is -0.116. The first-order valence-corrected chi connectivity index (χ1v) is 13.3. The zero-order valence-corrected chi connectivity index (χ0v) is 19.7. The van der Waals surface area contributed by atoms with Crippen molar-refractivity contribution in [2.75, 3.05) is 17.5 Å². The van der Waals surface area contributed by atoms with Crippen molar-refractivity contribution in [3.8, 4) is 0 Å². The van der Waals surface area contributed by atoms with Gasteiger partial charge in [0.25, 0.3) is 15.9 Å². The molecule has 2 N–H and O–H groups in total. The fraction of sp³-hybridized carbons (Fsp3) is 0.200. The van der Waals surface area contributed by atoms with Crippen LogP contribution in [0.25, 0.3) is 10.1 Å². The lowest BCUT2D eigenvalue weighted by Gasteiger charge is -2.13. The molecule has 0 aliphatic rings. The molecule has 3 rings (SSSR count). The molecule has 0 aliphatic carbocycles. The van der Waals surface area contributed by atoms with Crippen molar-refractivity contribution < 1.29 is 30.8 Å². The molecule has 0 aliphatic heterocycles. The lowest BCUT2D eigenvalue weighted by atomic mass is 10.2. The standard InChI is InChI=1S/C20H19FN2O6S3/c1-11(24)10-22-19(25)13-4-6-16(18(8-13)31(3,26)27)23-32(28,29)20-12(2)15-9-14(21)5-7-17(15)30-20/h4-9,23H,10H2,1-3H3,(H,22,25). The molecule has 0 saturated heterocycles. The smallest absolute Gasteiger partial charge is 0.271 e. The molecule has 0 fully saturated rings. The summed E-state index contributed by atoms with van der Waals surface area (Å²) in [5, 5.41) is 2.79. The molecule has 32 heavy (non-hydrogen) atoms. The van der Waals surface area contributed by atoms with Crippen LogP contribution in [0.15, 0.2) is 45.5 Å². The number of halogens is 1. The number of sulfonamides is 1. The highest BCUT2D eigenvalue weighted by molar-refractivity contribution is 7.95. The van der Waals surface area contributed by atoms with E-state index in [0.29, 0.717) is 15.6 Å². The molecule has 3 aromatic rings. The number of aryl methyl sites for hydroxylation is 1. The number of hydrogen-bond acceptors (Lipinski definition) is 7. The van der Waals surface area contributed by atoms with Gasteiger partial charge in [-0.15, -0.1) is 11.3 Å². The molecular weight excluding hydrogens is 479 g/mol. The number of ketones is 1. The van der Waals surface area contributed by atoms with E-state index in [-0.39, 0.29) is 27.8 Å². The predicted molar refractivity (Wildman–Crippen MR) is 120 cm³/mol. The van der Waals surface area contributed by atoms with Crippen LogP contribution in [-0.4, -0.2) is 41.3 Å². The summed E-state index contributed by atoms with van der Waals surface area (Å²) in [5.41, 5.74) is 0.0416. The minimum atomic E-state index is -4.22. The van der Waals surface area contributed by atoms with Gasteiger partial charge in [-0.05, 0) is 61.2 Å². The predicted octanol–water partition coefficient (Wildman–Crippen LogP) is 2.87. The molecule has 2 aromatic carbocycles. The Morgan fingerprint density at radius 1 is 1.06 bits per heavy atom. The minimum absolute atomic E-state index is 0.0526. The summed E-state index contributed by atoms with van der Waals surface area (Å²) >= 11 is 0.927. The number of benzene rings is 2. The first-order valence-electron chi connectivity index (χ1n) is 9.13. The molecule has 0 radical (unpaired) electrons. The van der Waals surface area contributed by atoms with Crippen molar-refractivity contribution in [3.05, 3.63) is 53.3 Å². The minimum Gasteiger partial charge on any atom is -0.345 e. The number of hydrogen-bond donors (Lipinski definition) is 2. The van der Waals surface area contributed by atoms with Gasteiger partial charge in [-0.25, -0.2) is 21.2 Å². The van der Waals surface area contributed by atoms with Gasteiger partial charge in [-0.3, -0.25) is 14.3 Å². The van der Waals surface area contributed by atoms with Crippen LogP contribution >= 0.6 is 11.3 Å². The number of amides is 1. The molecule has 8 nitrogen and oxygen atoms in total. The third-order valence-corrected chi connectivity index (χ3v) is 8.88. The Hall–Kier alpha value is -2.83.